The van der Waals surface area contributed by atoms with Crippen molar-refractivity contribution in [2.24, 2.45) is 0 Å². The topological polar surface area (TPSA) is 20.3 Å². The molecule has 0 aliphatic heterocycles. The van der Waals surface area contributed by atoms with Crippen molar-refractivity contribution in [2.45, 2.75) is 0 Å². The fraction of sp³-hybridized carbons (Fsp3) is 0.0714. The van der Waals surface area contributed by atoms with Crippen LogP contribution in [0.4, 0.5) is 5.69 Å². The van der Waals surface area contributed by atoms with Gasteiger partial charge in [0.05, 0.1) is 0 Å². The normalized spacial score (nSPS) is 9.81. The van der Waals surface area contributed by atoms with Crippen molar-refractivity contribution in [3.8, 4) is 0 Å². The molecule has 0 atom stereocenters. The zero-order valence-electron chi connectivity index (χ0n) is 9.05. The minimum atomic E-state index is -0.0137. The summed E-state index contributed by atoms with van der Waals surface area (Å²) >= 11 is 0. The van der Waals surface area contributed by atoms with Gasteiger partial charge in [-0.15, -0.1) is 0 Å². The third kappa shape index (κ3) is 2.11. The maximum Gasteiger partial charge on any atom is 0.258 e. The molecular weight excluding hydrogens is 198 g/mol. The van der Waals surface area contributed by atoms with Crippen LogP contribution in [0.1, 0.15) is 10.4 Å². The Hall–Kier alpha value is -2.09. The summed E-state index contributed by atoms with van der Waals surface area (Å²) in [5.41, 5.74) is 1.56. The Kier molecular flexibility index (Phi) is 3.01. The van der Waals surface area contributed by atoms with Crippen LogP contribution in [0, 0.1) is 6.07 Å². The van der Waals surface area contributed by atoms with Crippen molar-refractivity contribution in [1.82, 2.24) is 0 Å². The van der Waals surface area contributed by atoms with Gasteiger partial charge in [-0.05, 0) is 30.3 Å². The molecule has 0 aliphatic carbocycles. The third-order valence-corrected chi connectivity index (χ3v) is 2.41. The van der Waals surface area contributed by atoms with Gasteiger partial charge in [0.15, 0.2) is 0 Å². The van der Waals surface area contributed by atoms with Gasteiger partial charge in [-0.2, -0.15) is 0 Å². The maximum atomic E-state index is 12.1. The molecule has 2 aromatic rings. The first-order valence-corrected chi connectivity index (χ1v) is 5.08. The largest absolute Gasteiger partial charge is 0.311 e. The lowest BCUT2D eigenvalue weighted by Gasteiger charge is -2.17. The van der Waals surface area contributed by atoms with E-state index in [1.54, 1.807) is 36.2 Å². The van der Waals surface area contributed by atoms with Crippen LogP contribution in [-0.2, 0) is 0 Å². The number of hydrogen-bond acceptors (Lipinski definition) is 1. The SMILES string of the molecule is CN(C(=O)c1cc[c]cc1)c1ccccc1. The summed E-state index contributed by atoms with van der Waals surface area (Å²) in [5.74, 6) is -0.0137. The number of carbonyl (C=O) groups is 1. The highest BCUT2D eigenvalue weighted by Crippen LogP contribution is 2.14. The van der Waals surface area contributed by atoms with Crippen LogP contribution in [0.15, 0.2) is 54.6 Å². The summed E-state index contributed by atoms with van der Waals surface area (Å²) in [6.07, 6.45) is 0. The number of anilines is 1. The number of amides is 1. The molecule has 0 fully saturated rings. The molecule has 79 valence electrons. The van der Waals surface area contributed by atoms with Crippen LogP contribution in [0.5, 0.6) is 0 Å². The molecule has 2 heteroatoms. The van der Waals surface area contributed by atoms with Gasteiger partial charge in [0.1, 0.15) is 0 Å². The lowest BCUT2D eigenvalue weighted by Crippen LogP contribution is -2.25. The van der Waals surface area contributed by atoms with Gasteiger partial charge in [-0.3, -0.25) is 4.79 Å². The first-order valence-electron chi connectivity index (χ1n) is 5.08. The van der Waals surface area contributed by atoms with Crippen molar-refractivity contribution in [2.75, 3.05) is 11.9 Å². The van der Waals surface area contributed by atoms with Crippen molar-refractivity contribution < 1.29 is 4.79 Å². The Labute approximate surface area is 95.1 Å². The summed E-state index contributed by atoms with van der Waals surface area (Å²) in [4.78, 5) is 13.7. The molecule has 0 aliphatic rings. The Morgan fingerprint density at radius 3 is 2.31 bits per heavy atom. The standard InChI is InChI=1S/C14H12NO/c1-15(13-10-6-3-7-11-13)14(16)12-8-4-2-5-9-12/h3-11H,1H3. The van der Waals surface area contributed by atoms with Crippen LogP contribution in [-0.4, -0.2) is 13.0 Å². The average molecular weight is 210 g/mol. The van der Waals surface area contributed by atoms with Gasteiger partial charge >= 0.3 is 0 Å². The predicted molar refractivity (Wildman–Crippen MR) is 64.5 cm³/mol. The minimum Gasteiger partial charge on any atom is -0.311 e. The lowest BCUT2D eigenvalue weighted by molar-refractivity contribution is 0.0993. The molecular formula is C14H12NO. The van der Waals surface area contributed by atoms with Crippen LogP contribution in [0.25, 0.3) is 0 Å². The van der Waals surface area contributed by atoms with E-state index in [0.29, 0.717) is 5.56 Å². The molecule has 0 heterocycles. The summed E-state index contributed by atoms with van der Waals surface area (Å²) < 4.78 is 0. The minimum absolute atomic E-state index is 0.0137. The zero-order valence-corrected chi connectivity index (χ0v) is 9.05. The second-order valence-electron chi connectivity index (χ2n) is 3.49. The number of para-hydroxylation sites is 1. The van der Waals surface area contributed by atoms with Crippen molar-refractivity contribution in [3.05, 3.63) is 66.2 Å². The molecule has 0 bridgehead atoms. The van der Waals surface area contributed by atoms with E-state index in [9.17, 15) is 4.79 Å². The van der Waals surface area contributed by atoms with Gasteiger partial charge in [0, 0.05) is 18.3 Å². The molecule has 2 rings (SSSR count). The highest BCUT2D eigenvalue weighted by molar-refractivity contribution is 6.05. The Morgan fingerprint density at radius 1 is 1.06 bits per heavy atom. The Morgan fingerprint density at radius 2 is 1.69 bits per heavy atom. The van der Waals surface area contributed by atoms with E-state index in [-0.39, 0.29) is 5.91 Å². The summed E-state index contributed by atoms with van der Waals surface area (Å²) in [5, 5.41) is 0. The van der Waals surface area contributed by atoms with E-state index in [1.165, 1.54) is 0 Å². The highest BCUT2D eigenvalue weighted by Gasteiger charge is 2.11. The molecule has 1 amide bonds. The van der Waals surface area contributed by atoms with E-state index in [2.05, 4.69) is 6.07 Å². The number of carbonyl (C=O) groups excluding carboxylic acids is 1. The average Bonchev–Trinajstić information content (AvgIpc) is 2.39. The van der Waals surface area contributed by atoms with Crippen molar-refractivity contribution in [1.29, 1.82) is 0 Å². The highest BCUT2D eigenvalue weighted by atomic mass is 16.2. The van der Waals surface area contributed by atoms with E-state index in [1.807, 2.05) is 30.3 Å². The quantitative estimate of drug-likeness (QED) is 0.746. The molecule has 16 heavy (non-hydrogen) atoms. The molecule has 0 aromatic heterocycles. The Bertz CT molecular complexity index is 465. The van der Waals surface area contributed by atoms with Crippen molar-refractivity contribution in [3.63, 3.8) is 0 Å². The molecule has 0 spiro atoms. The van der Waals surface area contributed by atoms with E-state index >= 15 is 0 Å². The van der Waals surface area contributed by atoms with E-state index in [4.69, 9.17) is 0 Å². The molecule has 2 aromatic carbocycles. The van der Waals surface area contributed by atoms with Crippen LogP contribution < -0.4 is 4.90 Å². The maximum absolute atomic E-state index is 12.1. The smallest absolute Gasteiger partial charge is 0.258 e. The molecule has 2 nitrogen and oxygen atoms in total. The van der Waals surface area contributed by atoms with E-state index < -0.39 is 0 Å². The first-order chi connectivity index (χ1) is 7.79. The number of rotatable bonds is 2. The Balaban J connectivity index is 2.24. The van der Waals surface area contributed by atoms with E-state index in [0.717, 1.165) is 5.69 Å². The summed E-state index contributed by atoms with van der Waals surface area (Å²) in [6.45, 7) is 0. The first kappa shape index (κ1) is 10.4. The van der Waals surface area contributed by atoms with Gasteiger partial charge < -0.3 is 4.90 Å². The third-order valence-electron chi connectivity index (χ3n) is 2.41. The van der Waals surface area contributed by atoms with Gasteiger partial charge in [-0.25, -0.2) is 0 Å². The van der Waals surface area contributed by atoms with Crippen LogP contribution >= 0.6 is 0 Å². The fourth-order valence-corrected chi connectivity index (χ4v) is 1.49. The monoisotopic (exact) mass is 210 g/mol. The number of benzene rings is 2. The molecule has 0 unspecified atom stereocenters. The van der Waals surface area contributed by atoms with Crippen molar-refractivity contribution >= 4 is 11.6 Å². The molecule has 1 radical (unpaired) electrons. The number of hydrogen-bond donors (Lipinski definition) is 0. The molecule has 0 N–H and O–H groups in total. The predicted octanol–water partition coefficient (Wildman–Crippen LogP) is 2.76. The molecule has 0 saturated carbocycles. The molecule has 0 saturated heterocycles. The van der Waals surface area contributed by atoms with Gasteiger partial charge in [-0.1, -0.05) is 30.3 Å². The summed E-state index contributed by atoms with van der Waals surface area (Å²) in [7, 11) is 1.77. The van der Waals surface area contributed by atoms with Gasteiger partial charge in [0.25, 0.3) is 5.91 Å². The fourth-order valence-electron chi connectivity index (χ4n) is 1.49. The second kappa shape index (κ2) is 4.62. The van der Waals surface area contributed by atoms with Crippen LogP contribution in [0.3, 0.4) is 0 Å². The number of nitrogens with zero attached hydrogens (tertiary/aromatic N) is 1. The van der Waals surface area contributed by atoms with Crippen LogP contribution in [0.2, 0.25) is 0 Å². The van der Waals surface area contributed by atoms with Gasteiger partial charge in [0.2, 0.25) is 0 Å². The second-order valence-corrected chi connectivity index (χ2v) is 3.49. The zero-order chi connectivity index (χ0) is 11.4. The lowest BCUT2D eigenvalue weighted by atomic mass is 10.2. The summed E-state index contributed by atoms with van der Waals surface area (Å²) in [6, 6.07) is 19.5.